The first kappa shape index (κ1) is 14.1. The number of hydrogen-bond donors (Lipinski definition) is 1. The van der Waals surface area contributed by atoms with Crippen LogP contribution in [0.5, 0.6) is 0 Å². The third-order valence-electron chi connectivity index (χ3n) is 2.81. The molecule has 0 saturated heterocycles. The minimum atomic E-state index is 0.241. The van der Waals surface area contributed by atoms with Gasteiger partial charge in [0.2, 0.25) is 0 Å². The molecule has 0 unspecified atom stereocenters. The van der Waals surface area contributed by atoms with E-state index in [2.05, 4.69) is 35.8 Å². The molecule has 5 nitrogen and oxygen atoms in total. The second-order valence-corrected chi connectivity index (χ2v) is 4.54. The summed E-state index contributed by atoms with van der Waals surface area (Å²) in [6.07, 6.45) is 3.49. The van der Waals surface area contributed by atoms with Crippen molar-refractivity contribution in [3.8, 4) is 0 Å². The molecular weight excluding hydrogens is 216 g/mol. The minimum absolute atomic E-state index is 0.241. The molecule has 1 rings (SSSR count). The van der Waals surface area contributed by atoms with Crippen molar-refractivity contribution < 1.29 is 5.11 Å². The van der Waals surface area contributed by atoms with Gasteiger partial charge in [-0.1, -0.05) is 6.92 Å². The lowest BCUT2D eigenvalue weighted by molar-refractivity contribution is 0.178. The highest BCUT2D eigenvalue weighted by molar-refractivity contribution is 4.85. The van der Waals surface area contributed by atoms with E-state index in [0.717, 1.165) is 38.3 Å². The van der Waals surface area contributed by atoms with E-state index in [1.807, 2.05) is 4.68 Å². The van der Waals surface area contributed by atoms with E-state index in [4.69, 9.17) is 5.11 Å². The highest BCUT2D eigenvalue weighted by Crippen LogP contribution is 2.07. The topological polar surface area (TPSA) is 54.2 Å². The number of rotatable bonds is 8. The van der Waals surface area contributed by atoms with Gasteiger partial charge in [-0.2, -0.15) is 5.10 Å². The Morgan fingerprint density at radius 3 is 2.82 bits per heavy atom. The zero-order valence-corrected chi connectivity index (χ0v) is 11.1. The smallest absolute Gasteiger partial charge is 0.141 e. The van der Waals surface area contributed by atoms with Gasteiger partial charge in [0.15, 0.2) is 0 Å². The van der Waals surface area contributed by atoms with Crippen LogP contribution < -0.4 is 0 Å². The van der Waals surface area contributed by atoms with Gasteiger partial charge in [0.1, 0.15) is 12.2 Å². The summed E-state index contributed by atoms with van der Waals surface area (Å²) < 4.78 is 1.97. The lowest BCUT2D eigenvalue weighted by Crippen LogP contribution is -2.33. The standard InChI is InChI=1S/C12H24N4O/c1-4-6-16-12(13-10-14-16)9-15(11(2)3)7-5-8-17/h10-11,17H,4-9H2,1-3H3. The number of aryl methyl sites for hydroxylation is 1. The van der Waals surface area contributed by atoms with Crippen molar-refractivity contribution >= 4 is 0 Å². The second kappa shape index (κ2) is 7.40. The third-order valence-corrected chi connectivity index (χ3v) is 2.81. The molecule has 17 heavy (non-hydrogen) atoms. The first-order chi connectivity index (χ1) is 8.19. The molecule has 1 aromatic rings. The van der Waals surface area contributed by atoms with E-state index >= 15 is 0 Å². The number of aromatic nitrogens is 3. The molecular formula is C12H24N4O. The Morgan fingerprint density at radius 1 is 1.47 bits per heavy atom. The summed E-state index contributed by atoms with van der Waals surface area (Å²) in [5.41, 5.74) is 0. The van der Waals surface area contributed by atoms with Crippen LogP contribution in [-0.4, -0.2) is 44.0 Å². The van der Waals surface area contributed by atoms with Gasteiger partial charge < -0.3 is 5.11 Å². The fourth-order valence-corrected chi connectivity index (χ4v) is 1.78. The molecule has 0 bridgehead atoms. The molecule has 98 valence electrons. The van der Waals surface area contributed by atoms with Gasteiger partial charge in [-0.3, -0.25) is 4.90 Å². The summed E-state index contributed by atoms with van der Waals surface area (Å²) in [7, 11) is 0. The number of nitrogens with zero attached hydrogens (tertiary/aromatic N) is 4. The molecule has 1 N–H and O–H groups in total. The van der Waals surface area contributed by atoms with Gasteiger partial charge in [-0.15, -0.1) is 0 Å². The monoisotopic (exact) mass is 240 g/mol. The summed E-state index contributed by atoms with van der Waals surface area (Å²) in [5, 5.41) is 13.1. The summed E-state index contributed by atoms with van der Waals surface area (Å²) in [4.78, 5) is 6.62. The van der Waals surface area contributed by atoms with Crippen LogP contribution in [0, 0.1) is 0 Å². The molecule has 0 atom stereocenters. The second-order valence-electron chi connectivity index (χ2n) is 4.54. The van der Waals surface area contributed by atoms with E-state index in [0.29, 0.717) is 6.04 Å². The third kappa shape index (κ3) is 4.44. The predicted molar refractivity (Wildman–Crippen MR) is 67.6 cm³/mol. The molecule has 1 aromatic heterocycles. The van der Waals surface area contributed by atoms with Crippen molar-refractivity contribution in [3.63, 3.8) is 0 Å². The molecule has 0 aliphatic rings. The number of aliphatic hydroxyl groups excluding tert-OH is 1. The average Bonchev–Trinajstić information content (AvgIpc) is 2.72. The van der Waals surface area contributed by atoms with Gasteiger partial charge in [0.25, 0.3) is 0 Å². The fourth-order valence-electron chi connectivity index (χ4n) is 1.78. The van der Waals surface area contributed by atoms with Crippen molar-refractivity contribution in [2.75, 3.05) is 13.2 Å². The van der Waals surface area contributed by atoms with Gasteiger partial charge in [-0.25, -0.2) is 9.67 Å². The van der Waals surface area contributed by atoms with Gasteiger partial charge >= 0.3 is 0 Å². The first-order valence-corrected chi connectivity index (χ1v) is 6.40. The van der Waals surface area contributed by atoms with E-state index in [-0.39, 0.29) is 6.61 Å². The summed E-state index contributed by atoms with van der Waals surface area (Å²) in [6, 6.07) is 0.452. The van der Waals surface area contributed by atoms with Gasteiger partial charge in [-0.05, 0) is 26.7 Å². The Bertz CT molecular complexity index is 311. The lowest BCUT2D eigenvalue weighted by atomic mass is 10.3. The molecule has 0 saturated carbocycles. The molecule has 5 heteroatoms. The Balaban J connectivity index is 2.61. The summed E-state index contributed by atoms with van der Waals surface area (Å²) >= 11 is 0. The molecule has 0 aromatic carbocycles. The zero-order chi connectivity index (χ0) is 12.7. The van der Waals surface area contributed by atoms with Crippen LogP contribution in [0.1, 0.15) is 39.4 Å². The highest BCUT2D eigenvalue weighted by atomic mass is 16.3. The summed E-state index contributed by atoms with van der Waals surface area (Å²) in [5.74, 6) is 1.01. The van der Waals surface area contributed by atoms with Crippen molar-refractivity contribution in [2.24, 2.45) is 0 Å². The van der Waals surface area contributed by atoms with Crippen LogP contribution >= 0.6 is 0 Å². The molecule has 0 spiro atoms. The maximum Gasteiger partial charge on any atom is 0.141 e. The highest BCUT2D eigenvalue weighted by Gasteiger charge is 2.13. The Labute approximate surface area is 103 Å². The van der Waals surface area contributed by atoms with E-state index in [1.165, 1.54) is 0 Å². The lowest BCUT2D eigenvalue weighted by Gasteiger charge is -2.25. The number of hydrogen-bond acceptors (Lipinski definition) is 4. The van der Waals surface area contributed by atoms with E-state index in [9.17, 15) is 0 Å². The molecule has 0 aliphatic heterocycles. The largest absolute Gasteiger partial charge is 0.396 e. The predicted octanol–water partition coefficient (Wildman–Crippen LogP) is 1.28. The first-order valence-electron chi connectivity index (χ1n) is 6.40. The summed E-state index contributed by atoms with van der Waals surface area (Å²) in [6.45, 7) is 9.32. The van der Waals surface area contributed by atoms with Crippen LogP contribution in [0.25, 0.3) is 0 Å². The molecule has 0 fully saturated rings. The van der Waals surface area contributed by atoms with Crippen LogP contribution in [0.4, 0.5) is 0 Å². The van der Waals surface area contributed by atoms with Crippen LogP contribution in [0.15, 0.2) is 6.33 Å². The number of aliphatic hydroxyl groups is 1. The van der Waals surface area contributed by atoms with Crippen LogP contribution in [0.3, 0.4) is 0 Å². The van der Waals surface area contributed by atoms with Crippen molar-refractivity contribution in [1.29, 1.82) is 0 Å². The minimum Gasteiger partial charge on any atom is -0.396 e. The molecule has 0 amide bonds. The maximum atomic E-state index is 8.90. The Hall–Kier alpha value is -0.940. The zero-order valence-electron chi connectivity index (χ0n) is 11.1. The molecule has 0 aliphatic carbocycles. The quantitative estimate of drug-likeness (QED) is 0.743. The Morgan fingerprint density at radius 2 is 2.24 bits per heavy atom. The normalized spacial score (nSPS) is 11.6. The van der Waals surface area contributed by atoms with Crippen molar-refractivity contribution in [1.82, 2.24) is 19.7 Å². The van der Waals surface area contributed by atoms with E-state index < -0.39 is 0 Å². The van der Waals surface area contributed by atoms with Gasteiger partial charge in [0, 0.05) is 25.7 Å². The fraction of sp³-hybridized carbons (Fsp3) is 0.833. The van der Waals surface area contributed by atoms with Gasteiger partial charge in [0.05, 0.1) is 6.54 Å². The SMILES string of the molecule is CCCn1ncnc1CN(CCCO)C(C)C. The average molecular weight is 240 g/mol. The van der Waals surface area contributed by atoms with Crippen LogP contribution in [-0.2, 0) is 13.1 Å². The molecule has 1 heterocycles. The van der Waals surface area contributed by atoms with Crippen LogP contribution in [0.2, 0.25) is 0 Å². The Kier molecular flexibility index (Phi) is 6.15. The van der Waals surface area contributed by atoms with Crippen molar-refractivity contribution in [3.05, 3.63) is 12.2 Å². The maximum absolute atomic E-state index is 8.90. The molecule has 0 radical (unpaired) electrons. The van der Waals surface area contributed by atoms with E-state index in [1.54, 1.807) is 6.33 Å². The van der Waals surface area contributed by atoms with Crippen molar-refractivity contribution in [2.45, 2.75) is 52.7 Å².